The fourth-order valence-electron chi connectivity index (χ4n) is 2.20. The van der Waals surface area contributed by atoms with Crippen LogP contribution in [0.4, 0.5) is 0 Å². The van der Waals surface area contributed by atoms with Gasteiger partial charge in [0.1, 0.15) is 0 Å². The molecule has 1 aliphatic heterocycles. The SMILES string of the molecule is CC1CCCCCCOC(=O)CCCC(O)(O)C(=O)OC1. The first-order valence-electron chi connectivity index (χ1n) is 7.69. The lowest BCUT2D eigenvalue weighted by Crippen LogP contribution is -2.40. The highest BCUT2D eigenvalue weighted by atomic mass is 16.6. The molecule has 1 saturated heterocycles. The van der Waals surface area contributed by atoms with E-state index in [1.165, 1.54) is 0 Å². The van der Waals surface area contributed by atoms with Crippen molar-refractivity contribution in [1.82, 2.24) is 0 Å². The summed E-state index contributed by atoms with van der Waals surface area (Å²) in [6, 6.07) is 0. The Morgan fingerprint density at radius 1 is 1.05 bits per heavy atom. The van der Waals surface area contributed by atoms with Crippen LogP contribution in [0.1, 0.15) is 58.3 Å². The molecule has 1 aliphatic rings. The number of esters is 2. The Balaban J connectivity index is 2.51. The number of hydrogen-bond acceptors (Lipinski definition) is 6. The number of carbonyl (C=O) groups is 2. The monoisotopic (exact) mass is 302 g/mol. The van der Waals surface area contributed by atoms with Crippen molar-refractivity contribution >= 4 is 11.9 Å². The van der Waals surface area contributed by atoms with Gasteiger partial charge in [-0.05, 0) is 25.2 Å². The van der Waals surface area contributed by atoms with Crippen LogP contribution in [-0.4, -0.2) is 41.2 Å². The quantitative estimate of drug-likeness (QED) is 0.520. The summed E-state index contributed by atoms with van der Waals surface area (Å²) >= 11 is 0. The third-order valence-electron chi connectivity index (χ3n) is 3.59. The minimum atomic E-state index is -2.53. The van der Waals surface area contributed by atoms with Crippen LogP contribution in [0.5, 0.6) is 0 Å². The summed E-state index contributed by atoms with van der Waals surface area (Å²) in [5, 5.41) is 19.3. The van der Waals surface area contributed by atoms with Gasteiger partial charge >= 0.3 is 11.9 Å². The molecular weight excluding hydrogens is 276 g/mol. The molecule has 1 rings (SSSR count). The van der Waals surface area contributed by atoms with Crippen molar-refractivity contribution < 1.29 is 29.3 Å². The van der Waals surface area contributed by atoms with Gasteiger partial charge < -0.3 is 19.7 Å². The van der Waals surface area contributed by atoms with Crippen molar-refractivity contribution in [1.29, 1.82) is 0 Å². The second kappa shape index (κ2) is 9.00. The zero-order valence-corrected chi connectivity index (χ0v) is 12.7. The van der Waals surface area contributed by atoms with Crippen molar-refractivity contribution in [2.24, 2.45) is 5.92 Å². The largest absolute Gasteiger partial charge is 0.466 e. The molecule has 122 valence electrons. The van der Waals surface area contributed by atoms with E-state index in [4.69, 9.17) is 9.47 Å². The maximum absolute atomic E-state index is 11.6. The molecule has 1 atom stereocenters. The third-order valence-corrected chi connectivity index (χ3v) is 3.59. The van der Waals surface area contributed by atoms with E-state index >= 15 is 0 Å². The van der Waals surface area contributed by atoms with E-state index in [1.807, 2.05) is 6.92 Å². The predicted octanol–water partition coefficient (Wildman–Crippen LogP) is 1.52. The lowest BCUT2D eigenvalue weighted by Gasteiger charge is -2.21. The normalized spacial score (nSPS) is 26.7. The fourth-order valence-corrected chi connectivity index (χ4v) is 2.20. The van der Waals surface area contributed by atoms with Crippen molar-refractivity contribution in [2.75, 3.05) is 13.2 Å². The molecule has 0 amide bonds. The second-order valence-electron chi connectivity index (χ2n) is 5.80. The molecule has 0 bridgehead atoms. The van der Waals surface area contributed by atoms with Gasteiger partial charge in [-0.15, -0.1) is 0 Å². The third kappa shape index (κ3) is 7.43. The number of hydrogen-bond donors (Lipinski definition) is 2. The zero-order valence-electron chi connectivity index (χ0n) is 12.7. The van der Waals surface area contributed by atoms with Crippen LogP contribution >= 0.6 is 0 Å². The molecule has 0 aromatic rings. The van der Waals surface area contributed by atoms with Crippen molar-refractivity contribution in [2.45, 2.75) is 64.1 Å². The van der Waals surface area contributed by atoms with Crippen LogP contribution in [0.3, 0.4) is 0 Å². The maximum Gasteiger partial charge on any atom is 0.366 e. The molecule has 0 aromatic heterocycles. The van der Waals surface area contributed by atoms with E-state index < -0.39 is 11.8 Å². The van der Waals surface area contributed by atoms with E-state index in [9.17, 15) is 19.8 Å². The molecule has 0 spiro atoms. The standard InChI is InChI=1S/C15H26O6/c1-12-7-4-2-3-5-10-20-13(16)8-6-9-15(18,19)14(17)21-11-12/h12,18-19H,2-11H2,1H3. The minimum Gasteiger partial charge on any atom is -0.466 e. The van der Waals surface area contributed by atoms with E-state index in [0.717, 1.165) is 32.1 Å². The van der Waals surface area contributed by atoms with Gasteiger partial charge in [-0.2, -0.15) is 0 Å². The number of cyclic esters (lactones) is 2. The zero-order chi connectivity index (χ0) is 15.7. The summed E-state index contributed by atoms with van der Waals surface area (Å²) in [7, 11) is 0. The molecule has 6 heteroatoms. The summed E-state index contributed by atoms with van der Waals surface area (Å²) in [4.78, 5) is 23.0. The Hall–Kier alpha value is -1.14. The first-order valence-corrected chi connectivity index (χ1v) is 7.69. The molecule has 0 saturated carbocycles. The van der Waals surface area contributed by atoms with E-state index in [-0.39, 0.29) is 37.8 Å². The second-order valence-corrected chi connectivity index (χ2v) is 5.80. The van der Waals surface area contributed by atoms with E-state index in [0.29, 0.717) is 6.61 Å². The van der Waals surface area contributed by atoms with E-state index in [1.54, 1.807) is 0 Å². The van der Waals surface area contributed by atoms with Gasteiger partial charge in [-0.3, -0.25) is 4.79 Å². The summed E-state index contributed by atoms with van der Waals surface area (Å²) in [5.74, 6) is -3.76. The Kier molecular flexibility index (Phi) is 7.67. The van der Waals surface area contributed by atoms with Crippen LogP contribution in [0.15, 0.2) is 0 Å². The lowest BCUT2D eigenvalue weighted by molar-refractivity contribution is -0.213. The molecule has 0 radical (unpaired) electrons. The average Bonchev–Trinajstić information content (AvgIpc) is 2.42. The molecular formula is C15H26O6. The van der Waals surface area contributed by atoms with Gasteiger partial charge in [0, 0.05) is 12.8 Å². The van der Waals surface area contributed by atoms with Crippen LogP contribution in [0.25, 0.3) is 0 Å². The Bertz CT molecular complexity index is 339. The summed E-state index contributed by atoms with van der Waals surface area (Å²) in [6.45, 7) is 2.55. The smallest absolute Gasteiger partial charge is 0.366 e. The van der Waals surface area contributed by atoms with Crippen molar-refractivity contribution in [3.8, 4) is 0 Å². The number of carbonyl (C=O) groups excluding carboxylic acids is 2. The highest BCUT2D eigenvalue weighted by molar-refractivity contribution is 5.77. The van der Waals surface area contributed by atoms with Gasteiger partial charge in [0.15, 0.2) is 0 Å². The molecule has 1 fully saturated rings. The van der Waals surface area contributed by atoms with Gasteiger partial charge in [0.05, 0.1) is 13.2 Å². The minimum absolute atomic E-state index is 0.0621. The van der Waals surface area contributed by atoms with Crippen molar-refractivity contribution in [3.63, 3.8) is 0 Å². The Morgan fingerprint density at radius 3 is 2.52 bits per heavy atom. The van der Waals surface area contributed by atoms with Gasteiger partial charge in [-0.25, -0.2) is 4.79 Å². The first kappa shape index (κ1) is 17.9. The highest BCUT2D eigenvalue weighted by Crippen LogP contribution is 2.16. The fraction of sp³-hybridized carbons (Fsp3) is 0.867. The molecule has 21 heavy (non-hydrogen) atoms. The number of rotatable bonds is 0. The number of aliphatic hydroxyl groups is 2. The maximum atomic E-state index is 11.6. The van der Waals surface area contributed by atoms with Gasteiger partial charge in [0.2, 0.25) is 0 Å². The summed E-state index contributed by atoms with van der Waals surface area (Å²) in [5.41, 5.74) is 0. The van der Waals surface area contributed by atoms with Crippen molar-refractivity contribution in [3.05, 3.63) is 0 Å². The van der Waals surface area contributed by atoms with Crippen LogP contribution in [0.2, 0.25) is 0 Å². The Labute approximate surface area is 125 Å². The lowest BCUT2D eigenvalue weighted by atomic mass is 10.0. The molecule has 1 unspecified atom stereocenters. The van der Waals surface area contributed by atoms with Crippen LogP contribution in [-0.2, 0) is 19.1 Å². The van der Waals surface area contributed by atoms with Gasteiger partial charge in [-0.1, -0.05) is 26.2 Å². The van der Waals surface area contributed by atoms with E-state index in [2.05, 4.69) is 0 Å². The van der Waals surface area contributed by atoms with Gasteiger partial charge in [0.25, 0.3) is 5.79 Å². The van der Waals surface area contributed by atoms with Crippen LogP contribution < -0.4 is 0 Å². The molecule has 1 heterocycles. The molecule has 0 aliphatic carbocycles. The predicted molar refractivity (Wildman–Crippen MR) is 75.2 cm³/mol. The molecule has 2 N–H and O–H groups in total. The summed E-state index contributed by atoms with van der Waals surface area (Å²) < 4.78 is 9.98. The number of ether oxygens (including phenoxy) is 2. The first-order chi connectivity index (χ1) is 9.92. The Morgan fingerprint density at radius 2 is 1.76 bits per heavy atom. The topological polar surface area (TPSA) is 93.1 Å². The average molecular weight is 302 g/mol. The summed E-state index contributed by atoms with van der Waals surface area (Å²) in [6.07, 6.45) is 4.81. The van der Waals surface area contributed by atoms with Crippen LogP contribution in [0, 0.1) is 5.92 Å². The molecule has 6 nitrogen and oxygen atoms in total. The highest BCUT2D eigenvalue weighted by Gasteiger charge is 2.35. The molecule has 0 aromatic carbocycles.